The number of carbonyl (C=O) groups excluding carboxylic acids is 1. The second-order valence-corrected chi connectivity index (χ2v) is 6.55. The molecule has 5 nitrogen and oxygen atoms in total. The first kappa shape index (κ1) is 13.8. The first-order chi connectivity index (χ1) is 9.73. The zero-order valence-corrected chi connectivity index (χ0v) is 12.7. The summed E-state index contributed by atoms with van der Waals surface area (Å²) in [6.45, 7) is 2.93. The summed E-state index contributed by atoms with van der Waals surface area (Å²) < 4.78 is 9.64. The number of anilines is 1. The van der Waals surface area contributed by atoms with E-state index in [-0.39, 0.29) is 11.4 Å². The molecule has 2 saturated carbocycles. The molecule has 0 radical (unpaired) electrons. The molecule has 0 aliphatic heterocycles. The van der Waals surface area contributed by atoms with Gasteiger partial charge in [-0.2, -0.15) is 4.37 Å². The molecule has 1 aromatic rings. The highest BCUT2D eigenvalue weighted by molar-refractivity contribution is 7.09. The molecule has 2 aliphatic rings. The van der Waals surface area contributed by atoms with E-state index in [9.17, 15) is 4.79 Å². The Morgan fingerprint density at radius 2 is 2.20 bits per heavy atom. The smallest absolute Gasteiger partial charge is 0.313 e. The molecule has 0 spiro atoms. The lowest BCUT2D eigenvalue weighted by Crippen LogP contribution is -2.37. The van der Waals surface area contributed by atoms with E-state index in [0.29, 0.717) is 19.1 Å². The predicted molar refractivity (Wildman–Crippen MR) is 77.9 cm³/mol. The average Bonchev–Trinajstić information content (AvgIpc) is 3.01. The van der Waals surface area contributed by atoms with Crippen LogP contribution in [0.3, 0.4) is 0 Å². The van der Waals surface area contributed by atoms with Crippen molar-refractivity contribution in [2.75, 3.05) is 18.5 Å². The molecule has 6 heteroatoms. The van der Waals surface area contributed by atoms with Crippen LogP contribution in [-0.2, 0) is 9.53 Å². The van der Waals surface area contributed by atoms with Gasteiger partial charge < -0.3 is 10.1 Å². The third-order valence-corrected chi connectivity index (χ3v) is 4.92. The summed E-state index contributed by atoms with van der Waals surface area (Å²) in [6.07, 6.45) is 6.44. The van der Waals surface area contributed by atoms with Crippen LogP contribution in [0.5, 0.6) is 0 Å². The van der Waals surface area contributed by atoms with Gasteiger partial charge in [0, 0.05) is 24.0 Å². The highest BCUT2D eigenvalue weighted by atomic mass is 32.1. The molecule has 1 heterocycles. The van der Waals surface area contributed by atoms with Gasteiger partial charge in [-0.25, -0.2) is 4.98 Å². The number of aromatic nitrogens is 2. The Hall–Kier alpha value is -1.17. The Bertz CT molecular complexity index is 479. The minimum atomic E-state index is -0.360. The zero-order chi connectivity index (χ0) is 14.0. The molecule has 110 valence electrons. The number of nitrogens with one attached hydrogen (secondary N) is 1. The van der Waals surface area contributed by atoms with Crippen LogP contribution in [0, 0.1) is 5.41 Å². The largest absolute Gasteiger partial charge is 0.466 e. The zero-order valence-electron chi connectivity index (χ0n) is 11.9. The van der Waals surface area contributed by atoms with E-state index < -0.39 is 0 Å². The van der Waals surface area contributed by atoms with Crippen molar-refractivity contribution in [2.24, 2.45) is 5.41 Å². The van der Waals surface area contributed by atoms with Gasteiger partial charge in [0.2, 0.25) is 5.13 Å². The van der Waals surface area contributed by atoms with E-state index in [0.717, 1.165) is 36.6 Å². The first-order valence-corrected chi connectivity index (χ1v) is 8.25. The summed E-state index contributed by atoms with van der Waals surface area (Å²) in [7, 11) is 0. The van der Waals surface area contributed by atoms with E-state index >= 15 is 0 Å². The number of rotatable bonds is 6. The molecular formula is C14H21N3O2S. The van der Waals surface area contributed by atoms with Crippen LogP contribution in [0.25, 0.3) is 0 Å². The number of carbonyl (C=O) groups is 1. The van der Waals surface area contributed by atoms with E-state index in [1.165, 1.54) is 24.4 Å². The third kappa shape index (κ3) is 2.80. The number of nitrogens with zero attached hydrogens (tertiary/aromatic N) is 2. The Morgan fingerprint density at radius 3 is 2.85 bits per heavy atom. The summed E-state index contributed by atoms with van der Waals surface area (Å²) >= 11 is 1.40. The number of esters is 1. The molecule has 1 N–H and O–H groups in total. The summed E-state index contributed by atoms with van der Waals surface area (Å²) in [5.74, 6) is 1.48. The summed E-state index contributed by atoms with van der Waals surface area (Å²) in [6, 6.07) is 0. The Kier molecular flexibility index (Phi) is 3.92. The van der Waals surface area contributed by atoms with Gasteiger partial charge in [0.25, 0.3) is 0 Å². The molecular weight excluding hydrogens is 274 g/mol. The highest BCUT2D eigenvalue weighted by Crippen LogP contribution is 2.41. The summed E-state index contributed by atoms with van der Waals surface area (Å²) in [5.41, 5.74) is -0.360. The standard InChI is InChI=1S/C14H21N3O2S/c1-2-19-12(18)14(7-3-4-8-14)9-15-13-16-11(17-20-13)10-5-6-10/h10H,2-9H2,1H3,(H,15,16,17). The monoisotopic (exact) mass is 295 g/mol. The molecule has 1 aromatic heterocycles. The quantitative estimate of drug-likeness (QED) is 0.817. The Labute approximate surface area is 123 Å². The van der Waals surface area contributed by atoms with Crippen LogP contribution in [0.4, 0.5) is 5.13 Å². The van der Waals surface area contributed by atoms with Crippen molar-refractivity contribution in [3.63, 3.8) is 0 Å². The first-order valence-electron chi connectivity index (χ1n) is 7.48. The third-order valence-electron chi connectivity index (χ3n) is 4.23. The van der Waals surface area contributed by atoms with Crippen LogP contribution in [0.2, 0.25) is 0 Å². The molecule has 0 unspecified atom stereocenters. The minimum absolute atomic E-state index is 0.0584. The highest BCUT2D eigenvalue weighted by Gasteiger charge is 2.42. The fraction of sp³-hybridized carbons (Fsp3) is 0.786. The van der Waals surface area contributed by atoms with Crippen molar-refractivity contribution < 1.29 is 9.53 Å². The van der Waals surface area contributed by atoms with Crippen molar-refractivity contribution >= 4 is 22.6 Å². The average molecular weight is 295 g/mol. The summed E-state index contributed by atoms with van der Waals surface area (Å²) in [4.78, 5) is 16.7. The van der Waals surface area contributed by atoms with Gasteiger partial charge >= 0.3 is 5.97 Å². The molecule has 2 fully saturated rings. The van der Waals surface area contributed by atoms with Crippen molar-refractivity contribution in [2.45, 2.75) is 51.4 Å². The van der Waals surface area contributed by atoms with Crippen LogP contribution in [-0.4, -0.2) is 28.5 Å². The molecule has 0 aromatic carbocycles. The Morgan fingerprint density at radius 1 is 1.45 bits per heavy atom. The van der Waals surface area contributed by atoms with Gasteiger partial charge in [0.05, 0.1) is 12.0 Å². The van der Waals surface area contributed by atoms with Gasteiger partial charge in [-0.3, -0.25) is 4.79 Å². The van der Waals surface area contributed by atoms with E-state index in [2.05, 4.69) is 14.7 Å². The van der Waals surface area contributed by atoms with E-state index in [4.69, 9.17) is 4.74 Å². The lowest BCUT2D eigenvalue weighted by atomic mass is 9.86. The predicted octanol–water partition coefficient (Wildman–Crippen LogP) is 2.95. The van der Waals surface area contributed by atoms with Crippen molar-refractivity contribution in [3.05, 3.63) is 5.82 Å². The van der Waals surface area contributed by atoms with Crippen LogP contribution in [0.15, 0.2) is 0 Å². The van der Waals surface area contributed by atoms with E-state index in [1.807, 2.05) is 6.92 Å². The minimum Gasteiger partial charge on any atom is -0.466 e. The molecule has 0 amide bonds. The fourth-order valence-corrected chi connectivity index (χ4v) is 3.49. The number of hydrogen-bond acceptors (Lipinski definition) is 6. The maximum absolute atomic E-state index is 12.2. The Balaban J connectivity index is 1.62. The second-order valence-electron chi connectivity index (χ2n) is 5.79. The second kappa shape index (κ2) is 5.68. The number of hydrogen-bond donors (Lipinski definition) is 1. The molecule has 2 aliphatic carbocycles. The maximum atomic E-state index is 12.2. The van der Waals surface area contributed by atoms with Gasteiger partial charge in [-0.15, -0.1) is 0 Å². The normalized spacial score (nSPS) is 20.9. The molecule has 20 heavy (non-hydrogen) atoms. The molecule has 0 atom stereocenters. The fourth-order valence-electron chi connectivity index (χ4n) is 2.85. The van der Waals surface area contributed by atoms with Gasteiger partial charge in [-0.1, -0.05) is 12.8 Å². The van der Waals surface area contributed by atoms with Crippen molar-refractivity contribution in [1.29, 1.82) is 0 Å². The lowest BCUT2D eigenvalue weighted by molar-refractivity contribution is -0.154. The van der Waals surface area contributed by atoms with Crippen molar-refractivity contribution in [1.82, 2.24) is 9.36 Å². The van der Waals surface area contributed by atoms with Gasteiger partial charge in [0.15, 0.2) is 0 Å². The van der Waals surface area contributed by atoms with Gasteiger partial charge in [0.1, 0.15) is 5.82 Å². The van der Waals surface area contributed by atoms with Crippen LogP contribution in [0.1, 0.15) is 57.2 Å². The van der Waals surface area contributed by atoms with Crippen molar-refractivity contribution in [3.8, 4) is 0 Å². The topological polar surface area (TPSA) is 64.1 Å². The molecule has 0 bridgehead atoms. The molecule has 0 saturated heterocycles. The number of ether oxygens (including phenoxy) is 1. The van der Waals surface area contributed by atoms with Gasteiger partial charge in [-0.05, 0) is 32.6 Å². The molecule has 3 rings (SSSR count). The lowest BCUT2D eigenvalue weighted by Gasteiger charge is -2.26. The van der Waals surface area contributed by atoms with Crippen LogP contribution >= 0.6 is 11.5 Å². The van der Waals surface area contributed by atoms with E-state index in [1.54, 1.807) is 0 Å². The van der Waals surface area contributed by atoms with Crippen LogP contribution < -0.4 is 5.32 Å². The summed E-state index contributed by atoms with van der Waals surface area (Å²) in [5, 5.41) is 4.15. The maximum Gasteiger partial charge on any atom is 0.313 e. The SMILES string of the molecule is CCOC(=O)C1(CNc2nc(C3CC3)ns2)CCCC1.